The topological polar surface area (TPSA) is 109 Å². The summed E-state index contributed by atoms with van der Waals surface area (Å²) < 4.78 is 11.3. The van der Waals surface area contributed by atoms with E-state index in [2.05, 4.69) is 15.8 Å². The fraction of sp³-hybridized carbons (Fsp3) is 0.450. The molecule has 1 fully saturated rings. The van der Waals surface area contributed by atoms with Gasteiger partial charge in [0.1, 0.15) is 6.10 Å². The average molecular weight is 389 g/mol. The van der Waals surface area contributed by atoms with E-state index in [-0.39, 0.29) is 24.7 Å². The molecule has 1 saturated heterocycles. The van der Waals surface area contributed by atoms with E-state index in [1.165, 1.54) is 0 Å². The number of ether oxygens (including phenoxy) is 2. The van der Waals surface area contributed by atoms with Crippen molar-refractivity contribution < 1.29 is 24.2 Å². The Morgan fingerprint density at radius 3 is 2.82 bits per heavy atom. The van der Waals surface area contributed by atoms with Crippen LogP contribution in [0.1, 0.15) is 32.6 Å². The fourth-order valence-corrected chi connectivity index (χ4v) is 2.69. The van der Waals surface area contributed by atoms with Gasteiger partial charge in [-0.3, -0.25) is 4.79 Å². The highest BCUT2D eigenvalue weighted by Crippen LogP contribution is 2.21. The summed E-state index contributed by atoms with van der Waals surface area (Å²) in [5.41, 5.74) is 3.11. The van der Waals surface area contributed by atoms with Crippen LogP contribution in [0, 0.1) is 5.92 Å². The van der Waals surface area contributed by atoms with E-state index < -0.39 is 12.0 Å². The molecule has 0 radical (unpaired) electrons. The van der Waals surface area contributed by atoms with Crippen molar-refractivity contribution in [3.8, 4) is 0 Å². The summed E-state index contributed by atoms with van der Waals surface area (Å²) in [7, 11) is 0. The molecule has 1 aromatic carbocycles. The summed E-state index contributed by atoms with van der Waals surface area (Å²) >= 11 is 0. The number of para-hydroxylation sites is 1. The van der Waals surface area contributed by atoms with Gasteiger partial charge in [-0.2, -0.15) is 5.10 Å². The number of unbranched alkanes of at least 4 members (excludes halogenated alkanes) is 1. The van der Waals surface area contributed by atoms with Crippen molar-refractivity contribution in [2.45, 2.75) is 45.0 Å². The normalized spacial score (nSPS) is 22.4. The molecule has 1 aliphatic heterocycles. The molecule has 0 spiro atoms. The van der Waals surface area contributed by atoms with Crippen molar-refractivity contribution >= 4 is 23.9 Å². The number of aliphatic carboxylic acids is 1. The maximum atomic E-state index is 11.9. The van der Waals surface area contributed by atoms with Gasteiger partial charge in [0.25, 0.3) is 0 Å². The summed E-state index contributed by atoms with van der Waals surface area (Å²) in [5.74, 6) is -0.716. The van der Waals surface area contributed by atoms with Crippen LogP contribution in [-0.2, 0) is 14.3 Å². The van der Waals surface area contributed by atoms with E-state index in [1.807, 2.05) is 37.3 Å². The van der Waals surface area contributed by atoms with Crippen molar-refractivity contribution in [3.05, 3.63) is 42.5 Å². The van der Waals surface area contributed by atoms with Crippen LogP contribution in [0.5, 0.6) is 0 Å². The SMILES string of the molecule is CC1OCC(C/C=C\CCCC(=O)O)C(/C=N\NC(=O)Nc2ccccc2)O1. The number of allylic oxidation sites excluding steroid dienone is 2. The molecule has 0 bridgehead atoms. The second kappa shape index (κ2) is 11.9. The monoisotopic (exact) mass is 389 g/mol. The lowest BCUT2D eigenvalue weighted by atomic mass is 9.98. The van der Waals surface area contributed by atoms with Gasteiger partial charge in [-0.15, -0.1) is 0 Å². The number of hydrogen-bond donors (Lipinski definition) is 3. The molecule has 3 N–H and O–H groups in total. The van der Waals surface area contributed by atoms with Crippen LogP contribution in [0.25, 0.3) is 0 Å². The molecule has 28 heavy (non-hydrogen) atoms. The van der Waals surface area contributed by atoms with Crippen molar-refractivity contribution in [3.63, 3.8) is 0 Å². The van der Waals surface area contributed by atoms with Gasteiger partial charge < -0.3 is 19.9 Å². The van der Waals surface area contributed by atoms with Gasteiger partial charge in [0, 0.05) is 18.0 Å². The smallest absolute Gasteiger partial charge is 0.339 e. The summed E-state index contributed by atoms with van der Waals surface area (Å²) in [6, 6.07) is 8.66. The van der Waals surface area contributed by atoms with Gasteiger partial charge in [-0.25, -0.2) is 10.2 Å². The highest BCUT2D eigenvalue weighted by atomic mass is 16.7. The molecule has 152 valence electrons. The molecule has 0 aromatic heterocycles. The minimum Gasteiger partial charge on any atom is -0.481 e. The maximum Gasteiger partial charge on any atom is 0.339 e. The Labute approximate surface area is 164 Å². The fourth-order valence-electron chi connectivity index (χ4n) is 2.69. The van der Waals surface area contributed by atoms with Gasteiger partial charge in [0.2, 0.25) is 0 Å². The number of carbonyl (C=O) groups is 2. The van der Waals surface area contributed by atoms with Crippen LogP contribution in [-0.4, -0.2) is 42.3 Å². The first kappa shape index (κ1) is 21.6. The lowest BCUT2D eigenvalue weighted by Crippen LogP contribution is -2.40. The Morgan fingerprint density at radius 1 is 1.29 bits per heavy atom. The van der Waals surface area contributed by atoms with Crippen molar-refractivity contribution in [1.29, 1.82) is 0 Å². The van der Waals surface area contributed by atoms with E-state index in [9.17, 15) is 9.59 Å². The number of hydrogen-bond acceptors (Lipinski definition) is 5. The molecule has 1 heterocycles. The number of benzene rings is 1. The number of nitrogens with one attached hydrogen (secondary N) is 2. The highest BCUT2D eigenvalue weighted by molar-refractivity contribution is 5.89. The summed E-state index contributed by atoms with van der Waals surface area (Å²) in [6.07, 6.45) is 7.15. The second-order valence-corrected chi connectivity index (χ2v) is 6.46. The first-order valence-electron chi connectivity index (χ1n) is 9.33. The number of anilines is 1. The predicted molar refractivity (Wildman–Crippen MR) is 106 cm³/mol. The van der Waals surface area contributed by atoms with E-state index in [0.29, 0.717) is 25.1 Å². The van der Waals surface area contributed by atoms with E-state index >= 15 is 0 Å². The lowest BCUT2D eigenvalue weighted by molar-refractivity contribution is -0.206. The van der Waals surface area contributed by atoms with E-state index in [0.717, 1.165) is 6.42 Å². The zero-order valence-electron chi connectivity index (χ0n) is 15.9. The maximum absolute atomic E-state index is 11.9. The summed E-state index contributed by atoms with van der Waals surface area (Å²) in [6.45, 7) is 2.34. The zero-order chi connectivity index (χ0) is 20.2. The number of rotatable bonds is 9. The molecular formula is C20H27N3O5. The van der Waals surface area contributed by atoms with Gasteiger partial charge in [-0.05, 0) is 38.3 Å². The number of urea groups is 1. The molecule has 8 heteroatoms. The van der Waals surface area contributed by atoms with Crippen LogP contribution in [0.2, 0.25) is 0 Å². The number of nitrogens with zero attached hydrogens (tertiary/aromatic N) is 1. The van der Waals surface area contributed by atoms with Crippen LogP contribution in [0.4, 0.5) is 10.5 Å². The second-order valence-electron chi connectivity index (χ2n) is 6.46. The Hall–Kier alpha value is -2.71. The highest BCUT2D eigenvalue weighted by Gasteiger charge is 2.28. The number of amides is 2. The molecular weight excluding hydrogens is 362 g/mol. The quantitative estimate of drug-likeness (QED) is 0.260. The third-order valence-corrected chi connectivity index (χ3v) is 4.14. The van der Waals surface area contributed by atoms with Gasteiger partial charge >= 0.3 is 12.0 Å². The van der Waals surface area contributed by atoms with Crippen molar-refractivity contribution in [2.75, 3.05) is 11.9 Å². The van der Waals surface area contributed by atoms with Gasteiger partial charge in [0.15, 0.2) is 6.29 Å². The standard InChI is InChI=1S/C20H27N3O5/c1-15-27-14-16(9-5-2-3-8-12-19(24)25)18(28-15)13-21-23-20(26)22-17-10-6-4-7-11-17/h2,4-7,10-11,13,15-16,18H,3,8-9,12,14H2,1H3,(H,24,25)(H2,22,23,26)/b5-2-,21-13-. The van der Waals surface area contributed by atoms with Crippen molar-refractivity contribution in [1.82, 2.24) is 5.43 Å². The zero-order valence-corrected chi connectivity index (χ0v) is 15.9. The van der Waals surface area contributed by atoms with E-state index in [1.54, 1.807) is 18.3 Å². The first-order valence-corrected chi connectivity index (χ1v) is 9.33. The molecule has 3 unspecified atom stereocenters. The molecule has 2 rings (SSSR count). The molecule has 2 amide bonds. The first-order chi connectivity index (χ1) is 13.5. The minimum atomic E-state index is -0.781. The van der Waals surface area contributed by atoms with Crippen LogP contribution in [0.15, 0.2) is 47.6 Å². The molecule has 0 saturated carbocycles. The molecule has 8 nitrogen and oxygen atoms in total. The average Bonchev–Trinajstić information content (AvgIpc) is 2.66. The predicted octanol–water partition coefficient (Wildman–Crippen LogP) is 3.37. The van der Waals surface area contributed by atoms with E-state index in [4.69, 9.17) is 14.6 Å². The lowest BCUT2D eigenvalue weighted by Gasteiger charge is -2.32. The van der Waals surface area contributed by atoms with Crippen LogP contribution < -0.4 is 10.7 Å². The number of carboxylic acids is 1. The molecule has 0 aliphatic carbocycles. The summed E-state index contributed by atoms with van der Waals surface area (Å²) in [5, 5.41) is 15.3. The van der Waals surface area contributed by atoms with Crippen LogP contribution in [0.3, 0.4) is 0 Å². The van der Waals surface area contributed by atoms with Crippen LogP contribution >= 0.6 is 0 Å². The summed E-state index contributed by atoms with van der Waals surface area (Å²) in [4.78, 5) is 22.4. The molecule has 1 aliphatic rings. The Bertz CT molecular complexity index is 678. The number of hydrazone groups is 1. The number of carboxylic acid groups (broad SMARTS) is 1. The third kappa shape index (κ3) is 8.32. The largest absolute Gasteiger partial charge is 0.481 e. The third-order valence-electron chi connectivity index (χ3n) is 4.14. The Balaban J connectivity index is 1.78. The molecule has 3 atom stereocenters. The Kier molecular flexibility index (Phi) is 9.17. The van der Waals surface area contributed by atoms with Gasteiger partial charge in [0.05, 0.1) is 12.8 Å². The number of carbonyl (C=O) groups excluding carboxylic acids is 1. The minimum absolute atomic E-state index is 0.0645. The van der Waals surface area contributed by atoms with Gasteiger partial charge in [-0.1, -0.05) is 30.4 Å². The van der Waals surface area contributed by atoms with Crippen molar-refractivity contribution in [2.24, 2.45) is 11.0 Å². The molecule has 1 aromatic rings. The Morgan fingerprint density at radius 2 is 2.07 bits per heavy atom.